The van der Waals surface area contributed by atoms with E-state index < -0.39 is 11.9 Å². The molecular weight excluding hydrogens is 327 g/mol. The third-order valence-corrected chi connectivity index (χ3v) is 3.74. The van der Waals surface area contributed by atoms with Gasteiger partial charge in [0.05, 0.1) is 16.8 Å². The van der Waals surface area contributed by atoms with Crippen LogP contribution in [0.2, 0.25) is 10.2 Å². The molecule has 0 aliphatic heterocycles. The zero-order chi connectivity index (χ0) is 16.3. The maximum Gasteiger partial charge on any atom is 0.337 e. The van der Waals surface area contributed by atoms with Gasteiger partial charge in [0.1, 0.15) is 5.15 Å². The summed E-state index contributed by atoms with van der Waals surface area (Å²) >= 11 is 12.0. The van der Waals surface area contributed by atoms with Crippen LogP contribution in [0.4, 0.5) is 5.69 Å². The molecule has 0 spiro atoms. The molecule has 2 rings (SSSR count). The average Bonchev–Trinajstić information content (AvgIpc) is 2.47. The van der Waals surface area contributed by atoms with Crippen molar-refractivity contribution in [3.8, 4) is 0 Å². The highest BCUT2D eigenvalue weighted by molar-refractivity contribution is 6.34. The SMILES string of the molecule is CCc1c(Cl)ccc(C(=O)O)c1NC(=O)c1cccnc1Cl. The van der Waals surface area contributed by atoms with E-state index in [1.165, 1.54) is 24.4 Å². The second-order valence-corrected chi connectivity index (χ2v) is 5.17. The first-order valence-electron chi connectivity index (χ1n) is 6.42. The van der Waals surface area contributed by atoms with Gasteiger partial charge in [0.25, 0.3) is 5.91 Å². The van der Waals surface area contributed by atoms with Gasteiger partial charge in [0.15, 0.2) is 0 Å². The Morgan fingerprint density at radius 1 is 1.23 bits per heavy atom. The Balaban J connectivity index is 2.48. The van der Waals surface area contributed by atoms with E-state index in [2.05, 4.69) is 10.3 Å². The number of amides is 1. The topological polar surface area (TPSA) is 79.3 Å². The number of aromatic carboxylic acids is 1. The molecule has 0 radical (unpaired) electrons. The molecule has 114 valence electrons. The monoisotopic (exact) mass is 338 g/mol. The molecule has 1 aromatic carbocycles. The first kappa shape index (κ1) is 16.3. The van der Waals surface area contributed by atoms with E-state index >= 15 is 0 Å². The summed E-state index contributed by atoms with van der Waals surface area (Å²) in [6.45, 7) is 1.82. The molecule has 0 fully saturated rings. The fraction of sp³-hybridized carbons (Fsp3) is 0.133. The molecule has 0 aliphatic rings. The molecule has 2 aromatic rings. The zero-order valence-electron chi connectivity index (χ0n) is 11.6. The summed E-state index contributed by atoms with van der Waals surface area (Å²) < 4.78 is 0. The second kappa shape index (κ2) is 6.77. The van der Waals surface area contributed by atoms with Gasteiger partial charge in [-0.05, 0) is 36.2 Å². The maximum atomic E-state index is 12.3. The number of hydrogen-bond donors (Lipinski definition) is 2. The summed E-state index contributed by atoms with van der Waals surface area (Å²) in [5, 5.41) is 12.3. The molecule has 1 amide bonds. The van der Waals surface area contributed by atoms with Crippen LogP contribution in [-0.2, 0) is 6.42 Å². The minimum Gasteiger partial charge on any atom is -0.478 e. The number of nitrogens with one attached hydrogen (secondary N) is 1. The Morgan fingerprint density at radius 3 is 2.55 bits per heavy atom. The Bertz CT molecular complexity index is 748. The summed E-state index contributed by atoms with van der Waals surface area (Å²) in [7, 11) is 0. The third kappa shape index (κ3) is 3.21. The standard InChI is InChI=1S/C15H12Cl2N2O3/c1-2-8-11(16)6-5-9(15(21)22)12(8)19-14(20)10-4-3-7-18-13(10)17/h3-7H,2H2,1H3,(H,19,20)(H,21,22). The normalized spacial score (nSPS) is 10.3. The number of carboxylic acids is 1. The van der Waals surface area contributed by atoms with Crippen molar-refractivity contribution < 1.29 is 14.7 Å². The minimum absolute atomic E-state index is 0.0328. The van der Waals surface area contributed by atoms with Crippen molar-refractivity contribution in [1.29, 1.82) is 0 Å². The largest absolute Gasteiger partial charge is 0.478 e. The van der Waals surface area contributed by atoms with Crippen LogP contribution in [0.1, 0.15) is 33.2 Å². The number of carboxylic acid groups (broad SMARTS) is 1. The molecule has 0 aliphatic carbocycles. The van der Waals surface area contributed by atoms with Crippen molar-refractivity contribution in [2.75, 3.05) is 5.32 Å². The van der Waals surface area contributed by atoms with Crippen LogP contribution in [0.25, 0.3) is 0 Å². The summed E-state index contributed by atoms with van der Waals surface area (Å²) in [4.78, 5) is 27.5. The van der Waals surface area contributed by atoms with Crippen molar-refractivity contribution in [3.05, 3.63) is 57.3 Å². The van der Waals surface area contributed by atoms with E-state index in [1.807, 2.05) is 6.92 Å². The molecule has 0 atom stereocenters. The van der Waals surface area contributed by atoms with Crippen LogP contribution < -0.4 is 5.32 Å². The zero-order valence-corrected chi connectivity index (χ0v) is 13.1. The number of anilines is 1. The number of pyridine rings is 1. The quantitative estimate of drug-likeness (QED) is 0.828. The van der Waals surface area contributed by atoms with Gasteiger partial charge in [-0.1, -0.05) is 30.1 Å². The summed E-state index contributed by atoms with van der Waals surface area (Å²) in [5.74, 6) is -1.70. The number of halogens is 2. The lowest BCUT2D eigenvalue weighted by atomic mass is 10.0. The predicted octanol–water partition coefficient (Wildman–Crippen LogP) is 3.90. The van der Waals surface area contributed by atoms with Crippen LogP contribution in [-0.4, -0.2) is 22.0 Å². The van der Waals surface area contributed by atoms with Gasteiger partial charge >= 0.3 is 5.97 Å². The molecule has 1 aromatic heterocycles. The van der Waals surface area contributed by atoms with Crippen molar-refractivity contribution in [1.82, 2.24) is 4.98 Å². The van der Waals surface area contributed by atoms with E-state index in [4.69, 9.17) is 23.2 Å². The van der Waals surface area contributed by atoms with Gasteiger partial charge in [0, 0.05) is 11.2 Å². The molecule has 0 bridgehead atoms. The van der Waals surface area contributed by atoms with Crippen LogP contribution in [0, 0.1) is 0 Å². The highest BCUT2D eigenvalue weighted by Crippen LogP contribution is 2.30. The van der Waals surface area contributed by atoms with Crippen molar-refractivity contribution in [2.24, 2.45) is 0 Å². The lowest BCUT2D eigenvalue weighted by Crippen LogP contribution is -2.17. The minimum atomic E-state index is -1.15. The maximum absolute atomic E-state index is 12.3. The molecule has 0 saturated heterocycles. The number of carbonyl (C=O) groups excluding carboxylic acids is 1. The van der Waals surface area contributed by atoms with Crippen LogP contribution in [0.3, 0.4) is 0 Å². The van der Waals surface area contributed by atoms with Gasteiger partial charge < -0.3 is 10.4 Å². The van der Waals surface area contributed by atoms with E-state index in [1.54, 1.807) is 6.07 Å². The van der Waals surface area contributed by atoms with Crippen molar-refractivity contribution in [2.45, 2.75) is 13.3 Å². The fourth-order valence-electron chi connectivity index (χ4n) is 2.03. The van der Waals surface area contributed by atoms with Gasteiger partial charge in [0.2, 0.25) is 0 Å². The Kier molecular flexibility index (Phi) is 5.00. The molecule has 5 nitrogen and oxygen atoms in total. The predicted molar refractivity (Wildman–Crippen MR) is 85.0 cm³/mol. The lowest BCUT2D eigenvalue weighted by Gasteiger charge is -2.14. The average molecular weight is 339 g/mol. The number of hydrogen-bond acceptors (Lipinski definition) is 3. The van der Waals surface area contributed by atoms with Gasteiger partial charge in [-0.2, -0.15) is 0 Å². The third-order valence-electron chi connectivity index (χ3n) is 3.08. The fourth-order valence-corrected chi connectivity index (χ4v) is 2.52. The van der Waals surface area contributed by atoms with Gasteiger partial charge in [-0.25, -0.2) is 9.78 Å². The molecule has 0 unspecified atom stereocenters. The van der Waals surface area contributed by atoms with E-state index in [0.29, 0.717) is 17.0 Å². The molecule has 2 N–H and O–H groups in total. The Morgan fingerprint density at radius 2 is 1.95 bits per heavy atom. The van der Waals surface area contributed by atoms with Crippen LogP contribution in [0.15, 0.2) is 30.5 Å². The Labute approximate surface area is 136 Å². The molecule has 0 saturated carbocycles. The number of carbonyl (C=O) groups is 2. The molecule has 7 heteroatoms. The first-order valence-corrected chi connectivity index (χ1v) is 7.17. The summed E-state index contributed by atoms with van der Waals surface area (Å²) in [5.41, 5.74) is 0.847. The summed E-state index contributed by atoms with van der Waals surface area (Å²) in [6.07, 6.45) is 1.93. The Hall–Kier alpha value is -2.11. The lowest BCUT2D eigenvalue weighted by molar-refractivity contribution is 0.0698. The molecular formula is C15H12Cl2N2O3. The smallest absolute Gasteiger partial charge is 0.337 e. The van der Waals surface area contributed by atoms with Crippen molar-refractivity contribution in [3.63, 3.8) is 0 Å². The van der Waals surface area contributed by atoms with Gasteiger partial charge in [-0.3, -0.25) is 4.79 Å². The number of aromatic nitrogens is 1. The first-order chi connectivity index (χ1) is 10.5. The van der Waals surface area contributed by atoms with E-state index in [9.17, 15) is 14.7 Å². The second-order valence-electron chi connectivity index (χ2n) is 4.40. The number of rotatable bonds is 4. The highest BCUT2D eigenvalue weighted by Gasteiger charge is 2.20. The van der Waals surface area contributed by atoms with Crippen molar-refractivity contribution >= 4 is 40.8 Å². The van der Waals surface area contributed by atoms with E-state index in [-0.39, 0.29) is 22.0 Å². The molecule has 1 heterocycles. The van der Waals surface area contributed by atoms with Crippen LogP contribution in [0.5, 0.6) is 0 Å². The number of nitrogens with zero attached hydrogens (tertiary/aromatic N) is 1. The number of benzene rings is 1. The van der Waals surface area contributed by atoms with Crippen LogP contribution >= 0.6 is 23.2 Å². The van der Waals surface area contributed by atoms with Gasteiger partial charge in [-0.15, -0.1) is 0 Å². The molecule has 22 heavy (non-hydrogen) atoms. The summed E-state index contributed by atoms with van der Waals surface area (Å²) in [6, 6.07) is 5.92. The van der Waals surface area contributed by atoms with E-state index in [0.717, 1.165) is 0 Å². The highest BCUT2D eigenvalue weighted by atomic mass is 35.5.